The summed E-state index contributed by atoms with van der Waals surface area (Å²) in [5, 5.41) is 0. The van der Waals surface area contributed by atoms with Gasteiger partial charge in [0.25, 0.3) is 0 Å². The zero-order valence-corrected chi connectivity index (χ0v) is 12.1. The second-order valence-electron chi connectivity index (χ2n) is 5.24. The minimum Gasteiger partial charge on any atom is -0.452 e. The first-order chi connectivity index (χ1) is 9.14. The van der Waals surface area contributed by atoms with Crippen molar-refractivity contribution in [3.63, 3.8) is 0 Å². The Morgan fingerprint density at radius 1 is 1.37 bits per heavy atom. The Morgan fingerprint density at radius 3 is 2.63 bits per heavy atom. The maximum atomic E-state index is 11.9. The number of likely N-dealkylation sites (N-methyl/N-ethyl adjacent to an activating group) is 1. The number of carbonyl (C=O) groups excluding carboxylic acids is 1. The molecule has 1 aromatic rings. The van der Waals surface area contributed by atoms with Crippen LogP contribution in [0.4, 0.5) is 0 Å². The van der Waals surface area contributed by atoms with E-state index >= 15 is 0 Å². The minimum atomic E-state index is -0.474. The number of likely N-dealkylation sites (tertiary alicyclic amines) is 1. The highest BCUT2D eigenvalue weighted by Crippen LogP contribution is 2.42. The molecule has 3 nitrogen and oxygen atoms in total. The molecule has 104 valence electrons. The van der Waals surface area contributed by atoms with E-state index in [1.54, 1.807) is 0 Å². The van der Waals surface area contributed by atoms with Crippen LogP contribution in [0.5, 0.6) is 0 Å². The zero-order chi connectivity index (χ0) is 13.9. The minimum absolute atomic E-state index is 0.113. The number of hydrogen-bond acceptors (Lipinski definition) is 3. The number of rotatable bonds is 4. The molecule has 1 saturated heterocycles. The molecule has 0 aliphatic carbocycles. The molecular formula is C16H23NO2. The van der Waals surface area contributed by atoms with E-state index in [1.807, 2.05) is 25.1 Å². The van der Waals surface area contributed by atoms with E-state index in [2.05, 4.69) is 31.0 Å². The van der Waals surface area contributed by atoms with Gasteiger partial charge < -0.3 is 4.74 Å². The van der Waals surface area contributed by atoms with Gasteiger partial charge >= 0.3 is 5.97 Å². The van der Waals surface area contributed by atoms with E-state index in [0.29, 0.717) is 6.42 Å². The number of ether oxygens (including phenoxy) is 1. The highest BCUT2D eigenvalue weighted by molar-refractivity contribution is 5.70. The first-order valence-electron chi connectivity index (χ1n) is 7.11. The number of esters is 1. The molecule has 1 heterocycles. The Bertz CT molecular complexity index is 432. The molecule has 0 N–H and O–H groups in total. The van der Waals surface area contributed by atoms with Crippen LogP contribution >= 0.6 is 0 Å². The average Bonchev–Trinajstić information content (AvgIpc) is 2.77. The third-order valence-corrected chi connectivity index (χ3v) is 4.14. The highest BCUT2D eigenvalue weighted by Gasteiger charge is 2.49. The molecule has 1 fully saturated rings. The zero-order valence-electron chi connectivity index (χ0n) is 12.1. The lowest BCUT2D eigenvalue weighted by atomic mass is 9.84. The predicted molar refractivity (Wildman–Crippen MR) is 75.8 cm³/mol. The smallest absolute Gasteiger partial charge is 0.306 e. The summed E-state index contributed by atoms with van der Waals surface area (Å²) in [4.78, 5) is 14.2. The number of nitrogens with zero attached hydrogens (tertiary/aromatic N) is 1. The van der Waals surface area contributed by atoms with Crippen molar-refractivity contribution in [2.24, 2.45) is 0 Å². The Hall–Kier alpha value is -1.35. The highest BCUT2D eigenvalue weighted by atomic mass is 16.6. The second-order valence-corrected chi connectivity index (χ2v) is 5.24. The van der Waals surface area contributed by atoms with Crippen molar-refractivity contribution < 1.29 is 9.53 Å². The van der Waals surface area contributed by atoms with E-state index in [1.165, 1.54) is 0 Å². The van der Waals surface area contributed by atoms with Crippen LogP contribution in [0.15, 0.2) is 30.3 Å². The molecular weight excluding hydrogens is 238 g/mol. The fourth-order valence-corrected chi connectivity index (χ4v) is 3.17. The van der Waals surface area contributed by atoms with Crippen molar-refractivity contribution in [1.29, 1.82) is 0 Å². The number of hydrogen-bond donors (Lipinski definition) is 0. The SMILES string of the molecule is CCC(=O)O[C@@]1(c2ccccc2)CCN(C)[C@@H]1CC. The molecule has 3 heteroatoms. The Kier molecular flexibility index (Phi) is 4.25. The largest absolute Gasteiger partial charge is 0.452 e. The van der Waals surface area contributed by atoms with E-state index in [4.69, 9.17) is 4.74 Å². The summed E-state index contributed by atoms with van der Waals surface area (Å²) in [6, 6.07) is 10.4. The van der Waals surface area contributed by atoms with Crippen LogP contribution < -0.4 is 0 Å². The van der Waals surface area contributed by atoms with Gasteiger partial charge in [-0.3, -0.25) is 9.69 Å². The van der Waals surface area contributed by atoms with Crippen molar-refractivity contribution in [1.82, 2.24) is 4.90 Å². The Balaban J connectivity index is 2.41. The lowest BCUT2D eigenvalue weighted by molar-refractivity contribution is -0.163. The Morgan fingerprint density at radius 2 is 2.05 bits per heavy atom. The molecule has 0 spiro atoms. The predicted octanol–water partition coefficient (Wildman–Crippen LogP) is 2.95. The summed E-state index contributed by atoms with van der Waals surface area (Å²) in [7, 11) is 2.11. The van der Waals surface area contributed by atoms with Crippen molar-refractivity contribution in [2.45, 2.75) is 44.8 Å². The summed E-state index contributed by atoms with van der Waals surface area (Å²) in [5.74, 6) is -0.113. The van der Waals surface area contributed by atoms with Gasteiger partial charge in [-0.1, -0.05) is 44.2 Å². The summed E-state index contributed by atoms with van der Waals surface area (Å²) < 4.78 is 5.93. The number of benzene rings is 1. The van der Waals surface area contributed by atoms with Crippen molar-refractivity contribution in [3.05, 3.63) is 35.9 Å². The van der Waals surface area contributed by atoms with E-state index < -0.39 is 5.60 Å². The molecule has 0 amide bonds. The van der Waals surface area contributed by atoms with Gasteiger partial charge in [-0.25, -0.2) is 0 Å². The summed E-state index contributed by atoms with van der Waals surface area (Å²) >= 11 is 0. The van der Waals surface area contributed by atoms with Gasteiger partial charge in [-0.05, 0) is 19.0 Å². The quantitative estimate of drug-likeness (QED) is 0.780. The summed E-state index contributed by atoms with van der Waals surface area (Å²) in [5.41, 5.74) is 0.644. The first-order valence-corrected chi connectivity index (χ1v) is 7.11. The maximum Gasteiger partial charge on any atom is 0.306 e. The van der Waals surface area contributed by atoms with Gasteiger partial charge in [0.2, 0.25) is 0 Å². The normalized spacial score (nSPS) is 27.4. The van der Waals surface area contributed by atoms with Crippen molar-refractivity contribution >= 4 is 5.97 Å². The molecule has 1 aromatic carbocycles. The van der Waals surface area contributed by atoms with Crippen LogP contribution in [-0.4, -0.2) is 30.5 Å². The van der Waals surface area contributed by atoms with Crippen molar-refractivity contribution in [2.75, 3.05) is 13.6 Å². The fourth-order valence-electron chi connectivity index (χ4n) is 3.17. The number of carbonyl (C=O) groups is 1. The van der Waals surface area contributed by atoms with Crippen LogP contribution in [0.1, 0.15) is 38.7 Å². The van der Waals surface area contributed by atoms with Crippen LogP contribution in [0.2, 0.25) is 0 Å². The lowest BCUT2D eigenvalue weighted by Crippen LogP contribution is -2.44. The van der Waals surface area contributed by atoms with Gasteiger partial charge in [0, 0.05) is 19.4 Å². The van der Waals surface area contributed by atoms with Crippen LogP contribution in [0, 0.1) is 0 Å². The van der Waals surface area contributed by atoms with E-state index in [-0.39, 0.29) is 12.0 Å². The molecule has 1 aliphatic heterocycles. The molecule has 0 unspecified atom stereocenters. The van der Waals surface area contributed by atoms with Gasteiger partial charge in [-0.15, -0.1) is 0 Å². The standard InChI is InChI=1S/C16H23NO2/c1-4-14-16(11-12-17(14)3,19-15(18)5-2)13-9-7-6-8-10-13/h6-10,14H,4-5,11-12H2,1-3H3/t14-,16-/m1/s1. The Labute approximate surface area is 115 Å². The average molecular weight is 261 g/mol. The monoisotopic (exact) mass is 261 g/mol. The van der Waals surface area contributed by atoms with Gasteiger partial charge in [0.15, 0.2) is 5.60 Å². The van der Waals surface area contributed by atoms with Gasteiger partial charge in [-0.2, -0.15) is 0 Å². The maximum absolute atomic E-state index is 11.9. The first kappa shape index (κ1) is 14.1. The lowest BCUT2D eigenvalue weighted by Gasteiger charge is -2.36. The van der Waals surface area contributed by atoms with Gasteiger partial charge in [0.05, 0.1) is 6.04 Å². The van der Waals surface area contributed by atoms with Crippen LogP contribution in [0.25, 0.3) is 0 Å². The van der Waals surface area contributed by atoms with E-state index in [9.17, 15) is 4.79 Å². The molecule has 19 heavy (non-hydrogen) atoms. The molecule has 2 atom stereocenters. The van der Waals surface area contributed by atoms with Gasteiger partial charge in [0.1, 0.15) is 0 Å². The topological polar surface area (TPSA) is 29.5 Å². The molecule has 2 rings (SSSR count). The molecule has 0 saturated carbocycles. The summed E-state index contributed by atoms with van der Waals surface area (Å²) in [6.07, 6.45) is 2.27. The van der Waals surface area contributed by atoms with E-state index in [0.717, 1.165) is 24.9 Å². The molecule has 1 aliphatic rings. The third kappa shape index (κ3) is 2.52. The fraction of sp³-hybridized carbons (Fsp3) is 0.562. The summed E-state index contributed by atoms with van der Waals surface area (Å²) in [6.45, 7) is 4.97. The second kappa shape index (κ2) is 5.74. The van der Waals surface area contributed by atoms with Crippen LogP contribution in [0.3, 0.4) is 0 Å². The molecule has 0 bridgehead atoms. The molecule has 0 aromatic heterocycles. The molecule has 0 radical (unpaired) electrons. The van der Waals surface area contributed by atoms with Crippen molar-refractivity contribution in [3.8, 4) is 0 Å². The third-order valence-electron chi connectivity index (χ3n) is 4.14. The van der Waals surface area contributed by atoms with Crippen LogP contribution in [-0.2, 0) is 15.1 Å².